The van der Waals surface area contributed by atoms with Crippen LogP contribution >= 0.6 is 0 Å². The van der Waals surface area contributed by atoms with Crippen LogP contribution in [0.25, 0.3) is 0 Å². The Morgan fingerprint density at radius 2 is 1.57 bits per heavy atom. The first kappa shape index (κ1) is 21.0. The van der Waals surface area contributed by atoms with Crippen molar-refractivity contribution in [3.63, 3.8) is 0 Å². The molecule has 1 saturated heterocycles. The maximum absolute atomic E-state index is 11.8. The van der Waals surface area contributed by atoms with Crippen LogP contribution in [-0.4, -0.2) is 56.9 Å². The molecule has 1 heterocycles. The first-order valence-corrected chi connectivity index (χ1v) is 11.1. The van der Waals surface area contributed by atoms with Crippen LogP contribution in [0.1, 0.15) is 31.2 Å². The summed E-state index contributed by atoms with van der Waals surface area (Å²) in [5, 5.41) is 11.8. The molecule has 2 fully saturated rings. The van der Waals surface area contributed by atoms with E-state index in [0.717, 1.165) is 69.0 Å². The SMILES string of the molecule is COc1ccccc1N1CCN(CC2CCCCC2(O)c2ccccc2OC)CC1. The third kappa shape index (κ3) is 4.14. The van der Waals surface area contributed by atoms with Crippen LogP contribution in [-0.2, 0) is 5.60 Å². The lowest BCUT2D eigenvalue weighted by Gasteiger charge is -2.45. The summed E-state index contributed by atoms with van der Waals surface area (Å²) in [6.45, 7) is 4.86. The lowest BCUT2D eigenvalue weighted by Crippen LogP contribution is -2.51. The summed E-state index contributed by atoms with van der Waals surface area (Å²) >= 11 is 0. The Labute approximate surface area is 180 Å². The Morgan fingerprint density at radius 3 is 2.30 bits per heavy atom. The van der Waals surface area contributed by atoms with Crippen molar-refractivity contribution in [2.75, 3.05) is 51.8 Å². The molecule has 2 unspecified atom stereocenters. The molecule has 2 aromatic carbocycles. The summed E-state index contributed by atoms with van der Waals surface area (Å²) in [6.07, 6.45) is 4.11. The minimum Gasteiger partial charge on any atom is -0.496 e. The van der Waals surface area contributed by atoms with Gasteiger partial charge in [-0.2, -0.15) is 0 Å². The molecule has 1 N–H and O–H groups in total. The summed E-state index contributed by atoms with van der Waals surface area (Å²) in [5.74, 6) is 1.96. The lowest BCUT2D eigenvalue weighted by atomic mass is 9.71. The zero-order valence-corrected chi connectivity index (χ0v) is 18.2. The molecule has 0 spiro atoms. The van der Waals surface area contributed by atoms with Gasteiger partial charge in [-0.05, 0) is 31.0 Å². The van der Waals surface area contributed by atoms with Crippen molar-refractivity contribution in [2.24, 2.45) is 5.92 Å². The van der Waals surface area contributed by atoms with E-state index < -0.39 is 5.60 Å². The molecule has 162 valence electrons. The second kappa shape index (κ2) is 9.27. The topological polar surface area (TPSA) is 45.2 Å². The number of methoxy groups -OCH3 is 2. The highest BCUT2D eigenvalue weighted by molar-refractivity contribution is 5.58. The molecule has 5 nitrogen and oxygen atoms in total. The van der Waals surface area contributed by atoms with Crippen molar-refractivity contribution in [1.29, 1.82) is 0 Å². The summed E-state index contributed by atoms with van der Waals surface area (Å²) in [4.78, 5) is 4.92. The van der Waals surface area contributed by atoms with Gasteiger partial charge in [-0.3, -0.25) is 4.90 Å². The maximum atomic E-state index is 11.8. The van der Waals surface area contributed by atoms with Crippen LogP contribution in [0.5, 0.6) is 11.5 Å². The van der Waals surface area contributed by atoms with Crippen molar-refractivity contribution in [2.45, 2.75) is 31.3 Å². The predicted octanol–water partition coefficient (Wildman–Crippen LogP) is 3.90. The van der Waals surface area contributed by atoms with E-state index in [9.17, 15) is 5.11 Å². The maximum Gasteiger partial charge on any atom is 0.142 e. The Bertz CT molecular complexity index is 835. The molecule has 5 heteroatoms. The first-order valence-electron chi connectivity index (χ1n) is 11.1. The smallest absolute Gasteiger partial charge is 0.142 e. The summed E-state index contributed by atoms with van der Waals surface area (Å²) < 4.78 is 11.1. The first-order chi connectivity index (χ1) is 14.7. The minimum atomic E-state index is -0.815. The van der Waals surface area contributed by atoms with E-state index in [0.29, 0.717) is 0 Å². The third-order valence-electron chi connectivity index (χ3n) is 6.89. The second-order valence-electron chi connectivity index (χ2n) is 8.53. The second-order valence-corrected chi connectivity index (χ2v) is 8.53. The number of piperazine rings is 1. The van der Waals surface area contributed by atoms with Crippen LogP contribution in [0.4, 0.5) is 5.69 Å². The van der Waals surface area contributed by atoms with Crippen LogP contribution in [0.3, 0.4) is 0 Å². The highest BCUT2D eigenvalue weighted by Gasteiger charge is 2.43. The molecular weight excluding hydrogens is 376 g/mol. The number of hydrogen-bond acceptors (Lipinski definition) is 5. The third-order valence-corrected chi connectivity index (χ3v) is 6.89. The number of hydrogen-bond donors (Lipinski definition) is 1. The Hall–Kier alpha value is -2.24. The van der Waals surface area contributed by atoms with Gasteiger partial charge in [-0.1, -0.05) is 43.2 Å². The molecule has 0 bridgehead atoms. The van der Waals surface area contributed by atoms with Gasteiger partial charge < -0.3 is 19.5 Å². The number of para-hydroxylation sites is 3. The van der Waals surface area contributed by atoms with Gasteiger partial charge in [0.15, 0.2) is 0 Å². The van der Waals surface area contributed by atoms with Crippen molar-refractivity contribution >= 4 is 5.69 Å². The number of benzene rings is 2. The Balaban J connectivity index is 1.45. The minimum absolute atomic E-state index is 0.223. The van der Waals surface area contributed by atoms with Gasteiger partial charge in [0.25, 0.3) is 0 Å². The molecule has 30 heavy (non-hydrogen) atoms. The standard InChI is InChI=1S/C25H34N2O3/c1-29-23-12-5-3-10-21(23)25(28)14-8-7-9-20(25)19-26-15-17-27(18-16-26)22-11-4-6-13-24(22)30-2/h3-6,10-13,20,28H,7-9,14-19H2,1-2H3. The summed E-state index contributed by atoms with van der Waals surface area (Å²) in [5.41, 5.74) is 1.30. The highest BCUT2D eigenvalue weighted by Crippen LogP contribution is 2.45. The monoisotopic (exact) mass is 410 g/mol. The number of nitrogens with zero attached hydrogens (tertiary/aromatic N) is 2. The molecule has 0 aromatic heterocycles. The van der Waals surface area contributed by atoms with Gasteiger partial charge in [-0.25, -0.2) is 0 Å². The van der Waals surface area contributed by atoms with E-state index in [1.807, 2.05) is 36.4 Å². The van der Waals surface area contributed by atoms with Gasteiger partial charge >= 0.3 is 0 Å². The van der Waals surface area contributed by atoms with Crippen LogP contribution in [0.2, 0.25) is 0 Å². The molecule has 1 saturated carbocycles. The number of aliphatic hydroxyl groups is 1. The van der Waals surface area contributed by atoms with Gasteiger partial charge in [0.05, 0.1) is 25.5 Å². The number of anilines is 1. The molecule has 2 aliphatic rings. The number of ether oxygens (including phenoxy) is 2. The van der Waals surface area contributed by atoms with Gasteiger partial charge in [0.1, 0.15) is 11.5 Å². The van der Waals surface area contributed by atoms with Gasteiger partial charge in [0, 0.05) is 44.2 Å². The molecular formula is C25H34N2O3. The molecule has 1 aliphatic heterocycles. The molecule has 0 amide bonds. The number of rotatable bonds is 6. The van der Waals surface area contributed by atoms with Crippen LogP contribution in [0, 0.1) is 5.92 Å². The zero-order chi connectivity index (χ0) is 21.0. The lowest BCUT2D eigenvalue weighted by molar-refractivity contribution is -0.0673. The van der Waals surface area contributed by atoms with E-state index in [1.165, 1.54) is 12.1 Å². The molecule has 2 atom stereocenters. The summed E-state index contributed by atoms with van der Waals surface area (Å²) in [7, 11) is 3.42. The van der Waals surface area contributed by atoms with Crippen molar-refractivity contribution in [3.8, 4) is 11.5 Å². The Morgan fingerprint density at radius 1 is 0.900 bits per heavy atom. The molecule has 4 rings (SSSR count). The van der Waals surface area contributed by atoms with Crippen molar-refractivity contribution in [3.05, 3.63) is 54.1 Å². The Kier molecular flexibility index (Phi) is 6.49. The fourth-order valence-corrected chi connectivity index (χ4v) is 5.20. The largest absolute Gasteiger partial charge is 0.496 e. The van der Waals surface area contributed by atoms with E-state index >= 15 is 0 Å². The van der Waals surface area contributed by atoms with Gasteiger partial charge in [-0.15, -0.1) is 0 Å². The van der Waals surface area contributed by atoms with Crippen LogP contribution in [0.15, 0.2) is 48.5 Å². The van der Waals surface area contributed by atoms with Crippen LogP contribution < -0.4 is 14.4 Å². The average Bonchev–Trinajstić information content (AvgIpc) is 2.81. The predicted molar refractivity (Wildman–Crippen MR) is 120 cm³/mol. The van der Waals surface area contributed by atoms with Crippen molar-refractivity contribution < 1.29 is 14.6 Å². The normalized spacial score (nSPS) is 25.2. The fourth-order valence-electron chi connectivity index (χ4n) is 5.20. The quantitative estimate of drug-likeness (QED) is 0.782. The van der Waals surface area contributed by atoms with E-state index in [1.54, 1.807) is 14.2 Å². The highest BCUT2D eigenvalue weighted by atomic mass is 16.5. The molecule has 0 radical (unpaired) electrons. The van der Waals surface area contributed by atoms with E-state index in [-0.39, 0.29) is 5.92 Å². The molecule has 2 aromatic rings. The fraction of sp³-hybridized carbons (Fsp3) is 0.520. The molecule has 1 aliphatic carbocycles. The average molecular weight is 411 g/mol. The summed E-state index contributed by atoms with van der Waals surface area (Å²) in [6, 6.07) is 16.2. The van der Waals surface area contributed by atoms with E-state index in [4.69, 9.17) is 9.47 Å². The van der Waals surface area contributed by atoms with Gasteiger partial charge in [0.2, 0.25) is 0 Å². The van der Waals surface area contributed by atoms with Crippen molar-refractivity contribution in [1.82, 2.24) is 4.90 Å². The van der Waals surface area contributed by atoms with E-state index in [2.05, 4.69) is 21.9 Å². The zero-order valence-electron chi connectivity index (χ0n) is 18.2.